The van der Waals surface area contributed by atoms with Gasteiger partial charge in [-0.3, -0.25) is 0 Å². The van der Waals surface area contributed by atoms with Crippen LogP contribution in [-0.4, -0.2) is 18.3 Å². The van der Waals surface area contributed by atoms with Crippen molar-refractivity contribution in [2.24, 2.45) is 0 Å². The fourth-order valence-corrected chi connectivity index (χ4v) is 18.0. The van der Waals surface area contributed by atoms with Crippen molar-refractivity contribution in [2.45, 2.75) is 0 Å². The van der Waals surface area contributed by atoms with Crippen LogP contribution in [0.1, 0.15) is 0 Å². The Bertz CT molecular complexity index is 7450. The third-order valence-electron chi connectivity index (χ3n) is 23.7. The van der Waals surface area contributed by atoms with Gasteiger partial charge in [-0.25, -0.2) is 0 Å². The van der Waals surface area contributed by atoms with Gasteiger partial charge in [0, 0.05) is 65.5 Å². The van der Waals surface area contributed by atoms with Gasteiger partial charge in [-0.05, 0) is 210 Å². The standard InChI is InChI=1S/C60H40N2.C52H34N2/c1-3-13-41(14-4-1)47-17-11-19-51(37-47)61-57-23-9-7-21-53(57)55-39-49(33-35-59(55)61)45-29-25-43(26-30-45)44-27-31-46(32-28-44)50-34-36-60-56(40-50)54-22-8-10-24-58(54)62(60)52-20-12-18-48(38-52)42-15-5-2-6-16-42;1-2-13-42(14-3-1)53-49-18-8-6-16-44(49)46-33-40(29-31-51(46)53)37-25-21-35(22-26-37)36-23-27-38(28-24-36)41-30-32-52-47(34-41)45-17-7-9-19-50(45)54(52)48-20-10-12-39-11-4-5-15-43(39)48/h1-40H;1-34H. The second-order valence-electron chi connectivity index (χ2n) is 30.3. The number of para-hydroxylation sites is 5. The molecule has 23 aromatic rings. The van der Waals surface area contributed by atoms with Gasteiger partial charge >= 0.3 is 0 Å². The Morgan fingerprint density at radius 2 is 0.328 bits per heavy atom. The Hall–Kier alpha value is -15.4. The fourth-order valence-electron chi connectivity index (χ4n) is 18.0. The first-order valence-corrected chi connectivity index (χ1v) is 39.9. The Kier molecular flexibility index (Phi) is 16.6. The highest BCUT2D eigenvalue weighted by Crippen LogP contribution is 2.43. The molecule has 0 N–H and O–H groups in total. The summed E-state index contributed by atoms with van der Waals surface area (Å²) in [6, 6.07) is 163. The van der Waals surface area contributed by atoms with E-state index in [1.807, 2.05) is 0 Å². The van der Waals surface area contributed by atoms with Gasteiger partial charge in [0.05, 0.1) is 49.8 Å². The van der Waals surface area contributed by atoms with Crippen molar-refractivity contribution in [3.05, 3.63) is 449 Å². The Morgan fingerprint density at radius 1 is 0.112 bits per heavy atom. The van der Waals surface area contributed by atoms with E-state index in [9.17, 15) is 0 Å². The van der Waals surface area contributed by atoms with Crippen LogP contribution in [0.5, 0.6) is 0 Å². The van der Waals surface area contributed by atoms with Crippen LogP contribution in [0, 0.1) is 0 Å². The quantitative estimate of drug-likeness (QED) is 0.116. The molecule has 0 radical (unpaired) electrons. The van der Waals surface area contributed by atoms with Gasteiger partial charge < -0.3 is 18.3 Å². The zero-order valence-corrected chi connectivity index (χ0v) is 63.5. The lowest BCUT2D eigenvalue weighted by Crippen LogP contribution is -1.95. The van der Waals surface area contributed by atoms with Crippen LogP contribution in [0.4, 0.5) is 0 Å². The molecule has 0 bridgehead atoms. The van der Waals surface area contributed by atoms with Crippen LogP contribution in [0.3, 0.4) is 0 Å². The highest BCUT2D eigenvalue weighted by atomic mass is 15.0. The molecule has 542 valence electrons. The highest BCUT2D eigenvalue weighted by molar-refractivity contribution is 6.15. The van der Waals surface area contributed by atoms with Crippen molar-refractivity contribution in [1.29, 1.82) is 0 Å². The first-order valence-electron chi connectivity index (χ1n) is 39.9. The van der Waals surface area contributed by atoms with Gasteiger partial charge in [-0.1, -0.05) is 334 Å². The second-order valence-corrected chi connectivity index (χ2v) is 30.3. The Labute approximate surface area is 672 Å². The summed E-state index contributed by atoms with van der Waals surface area (Å²) in [5, 5.41) is 12.6. The summed E-state index contributed by atoms with van der Waals surface area (Å²) in [4.78, 5) is 0. The van der Waals surface area contributed by atoms with E-state index in [-0.39, 0.29) is 0 Å². The molecule has 0 unspecified atom stereocenters. The van der Waals surface area contributed by atoms with Crippen molar-refractivity contribution in [2.75, 3.05) is 0 Å². The van der Waals surface area contributed by atoms with E-state index in [2.05, 4.69) is 467 Å². The molecule has 116 heavy (non-hydrogen) atoms. The van der Waals surface area contributed by atoms with Crippen LogP contribution in [-0.2, 0) is 0 Å². The molecule has 0 amide bonds. The molecule has 4 nitrogen and oxygen atoms in total. The zero-order valence-electron chi connectivity index (χ0n) is 63.5. The number of nitrogens with zero attached hydrogens (tertiary/aromatic N) is 4. The average Bonchev–Trinajstić information content (AvgIpc) is 1.60. The first-order chi connectivity index (χ1) is 57.5. The summed E-state index contributed by atoms with van der Waals surface area (Å²) in [5.41, 5.74) is 33.8. The SMILES string of the molecule is c1ccc(-c2cccc(-n3c4ccccc4c4cc(-c5ccc(-c6ccc(-c7ccc8c(c7)c7ccccc7n8-c7cccc(-c8ccccc8)c7)cc6)cc5)ccc43)c2)cc1.c1ccc(-n2c3ccccc3c3cc(-c4ccc(-c5ccc(-c6ccc7c(c6)c6ccccc6n7-c6cccc7ccccc67)cc5)cc4)ccc32)cc1. The van der Waals surface area contributed by atoms with Crippen LogP contribution >= 0.6 is 0 Å². The van der Waals surface area contributed by atoms with Crippen molar-refractivity contribution >= 4 is 98.0 Å². The molecule has 19 aromatic carbocycles. The van der Waals surface area contributed by atoms with E-state index < -0.39 is 0 Å². The maximum absolute atomic E-state index is 2.42. The van der Waals surface area contributed by atoms with Crippen molar-refractivity contribution in [3.63, 3.8) is 0 Å². The molecule has 0 aliphatic carbocycles. The number of fused-ring (bicyclic) bond motifs is 13. The number of aromatic nitrogens is 4. The molecule has 23 rings (SSSR count). The van der Waals surface area contributed by atoms with Crippen LogP contribution in [0.25, 0.3) is 210 Å². The summed E-state index contributed by atoms with van der Waals surface area (Å²) < 4.78 is 9.58. The molecule has 4 aromatic heterocycles. The van der Waals surface area contributed by atoms with Crippen LogP contribution in [0.15, 0.2) is 449 Å². The Balaban J connectivity index is 0.000000142. The molecule has 0 spiro atoms. The molecule has 0 aliphatic rings. The zero-order chi connectivity index (χ0) is 76.6. The smallest absolute Gasteiger partial charge is 0.0541 e. The third-order valence-corrected chi connectivity index (χ3v) is 23.7. The molecule has 4 heteroatoms. The normalized spacial score (nSPS) is 11.6. The van der Waals surface area contributed by atoms with E-state index >= 15 is 0 Å². The Morgan fingerprint density at radius 3 is 0.690 bits per heavy atom. The van der Waals surface area contributed by atoms with E-state index in [1.165, 1.54) is 198 Å². The molecule has 0 fully saturated rings. The molecule has 0 saturated carbocycles. The van der Waals surface area contributed by atoms with Gasteiger partial charge in [0.1, 0.15) is 0 Å². The lowest BCUT2D eigenvalue weighted by Gasteiger charge is -2.12. The lowest BCUT2D eigenvalue weighted by atomic mass is 9.97. The van der Waals surface area contributed by atoms with Gasteiger partial charge in [0.25, 0.3) is 0 Å². The molecule has 0 aliphatic heterocycles. The topological polar surface area (TPSA) is 19.7 Å². The fraction of sp³-hybridized carbons (Fsp3) is 0. The van der Waals surface area contributed by atoms with Crippen molar-refractivity contribution < 1.29 is 0 Å². The summed E-state index contributed by atoms with van der Waals surface area (Å²) >= 11 is 0. The predicted molar refractivity (Wildman–Crippen MR) is 491 cm³/mol. The summed E-state index contributed by atoms with van der Waals surface area (Å²) in [7, 11) is 0. The van der Waals surface area contributed by atoms with Gasteiger partial charge in [-0.2, -0.15) is 0 Å². The maximum Gasteiger partial charge on any atom is 0.0541 e. The minimum absolute atomic E-state index is 1.16. The number of hydrogen-bond donors (Lipinski definition) is 0. The monoisotopic (exact) mass is 1470 g/mol. The van der Waals surface area contributed by atoms with Gasteiger partial charge in [0.2, 0.25) is 0 Å². The highest BCUT2D eigenvalue weighted by Gasteiger charge is 2.21. The van der Waals surface area contributed by atoms with E-state index in [1.54, 1.807) is 0 Å². The van der Waals surface area contributed by atoms with Crippen LogP contribution in [0.2, 0.25) is 0 Å². The summed E-state index contributed by atoms with van der Waals surface area (Å²) in [6.07, 6.45) is 0. The average molecular weight is 1480 g/mol. The second kappa shape index (κ2) is 28.4. The largest absolute Gasteiger partial charge is 0.309 e. The molecule has 0 saturated heterocycles. The van der Waals surface area contributed by atoms with E-state index in [0.29, 0.717) is 0 Å². The minimum Gasteiger partial charge on any atom is -0.309 e. The summed E-state index contributed by atoms with van der Waals surface area (Å²) in [5.74, 6) is 0. The minimum atomic E-state index is 1.16. The van der Waals surface area contributed by atoms with Gasteiger partial charge in [0.15, 0.2) is 0 Å². The van der Waals surface area contributed by atoms with E-state index in [0.717, 1.165) is 11.4 Å². The molecular weight excluding hydrogens is 1400 g/mol. The van der Waals surface area contributed by atoms with Crippen LogP contribution < -0.4 is 0 Å². The van der Waals surface area contributed by atoms with Crippen molar-refractivity contribution in [1.82, 2.24) is 18.3 Å². The molecular formula is C112H74N4. The summed E-state index contributed by atoms with van der Waals surface area (Å²) in [6.45, 7) is 0. The lowest BCUT2D eigenvalue weighted by molar-refractivity contribution is 1.18. The molecule has 0 atom stereocenters. The van der Waals surface area contributed by atoms with Gasteiger partial charge in [-0.15, -0.1) is 0 Å². The maximum atomic E-state index is 2.42. The number of benzene rings is 19. The first kappa shape index (κ1) is 67.5. The third kappa shape index (κ3) is 11.9. The number of rotatable bonds is 12. The predicted octanol–water partition coefficient (Wildman–Crippen LogP) is 30.3. The van der Waals surface area contributed by atoms with Crippen molar-refractivity contribution in [3.8, 4) is 112 Å². The number of hydrogen-bond acceptors (Lipinski definition) is 0. The molecule has 4 heterocycles. The van der Waals surface area contributed by atoms with E-state index in [4.69, 9.17) is 0 Å².